The number of hydrogen-bond donors (Lipinski definition) is 2. The molecule has 0 fully saturated rings. The van der Waals surface area contributed by atoms with Crippen LogP contribution in [0.15, 0.2) is 58.3 Å². The van der Waals surface area contributed by atoms with Crippen molar-refractivity contribution in [2.24, 2.45) is 5.10 Å². The highest BCUT2D eigenvalue weighted by molar-refractivity contribution is 5.81. The van der Waals surface area contributed by atoms with Crippen LogP contribution in [0.4, 0.5) is 21.7 Å². The highest BCUT2D eigenvalue weighted by atomic mass is 19.1. The van der Waals surface area contributed by atoms with Gasteiger partial charge in [0, 0.05) is 5.69 Å². The van der Waals surface area contributed by atoms with Gasteiger partial charge in [0.05, 0.1) is 6.21 Å². The largest absolute Gasteiger partial charge is 0.337 e. The molecule has 2 N–H and O–H groups in total. The molecule has 0 bridgehead atoms. The Labute approximate surface area is 153 Å². The Morgan fingerprint density at radius 2 is 1.67 bits per heavy atom. The van der Waals surface area contributed by atoms with E-state index in [4.69, 9.17) is 0 Å². The fourth-order valence-corrected chi connectivity index (χ4v) is 2.36. The number of anilines is 3. The summed E-state index contributed by atoms with van der Waals surface area (Å²) in [4.78, 5) is 8.71. The van der Waals surface area contributed by atoms with Gasteiger partial charge in [-0.25, -0.2) is 14.0 Å². The summed E-state index contributed by atoms with van der Waals surface area (Å²) in [6, 6.07) is 13.7. The van der Waals surface area contributed by atoms with Gasteiger partial charge in [-0.05, 0) is 46.6 Å². The lowest BCUT2D eigenvalue weighted by molar-refractivity contribution is 0.314. The molecule has 0 saturated heterocycles. The second kappa shape index (κ2) is 7.16. The Bertz CT molecular complexity index is 1110. The zero-order valence-corrected chi connectivity index (χ0v) is 14.2. The summed E-state index contributed by atoms with van der Waals surface area (Å²) in [6.45, 7) is 1.98. The SMILES string of the molecule is Cc1ccccc1Nc1nc2nonc2nc1NN=Cc1ccc(F)cc1. The van der Waals surface area contributed by atoms with Crippen LogP contribution < -0.4 is 10.7 Å². The molecule has 4 aromatic rings. The number of hydrazone groups is 1. The zero-order valence-electron chi connectivity index (χ0n) is 14.2. The third kappa shape index (κ3) is 3.71. The summed E-state index contributed by atoms with van der Waals surface area (Å²) in [6.07, 6.45) is 1.55. The van der Waals surface area contributed by atoms with Gasteiger partial charge in [0.2, 0.25) is 11.3 Å². The first kappa shape index (κ1) is 16.6. The van der Waals surface area contributed by atoms with Crippen molar-refractivity contribution in [3.63, 3.8) is 0 Å². The van der Waals surface area contributed by atoms with Gasteiger partial charge in [0.15, 0.2) is 11.6 Å². The van der Waals surface area contributed by atoms with Crippen molar-refractivity contribution in [3.05, 3.63) is 65.5 Å². The number of aryl methyl sites for hydroxylation is 1. The van der Waals surface area contributed by atoms with Crippen LogP contribution in [0, 0.1) is 12.7 Å². The van der Waals surface area contributed by atoms with Crippen LogP contribution in [-0.2, 0) is 0 Å². The van der Waals surface area contributed by atoms with E-state index in [1.165, 1.54) is 12.1 Å². The van der Waals surface area contributed by atoms with E-state index in [2.05, 4.69) is 40.8 Å². The first-order valence-electron chi connectivity index (χ1n) is 8.06. The van der Waals surface area contributed by atoms with Crippen LogP contribution in [0.1, 0.15) is 11.1 Å². The molecule has 0 saturated carbocycles. The maximum Gasteiger partial charge on any atom is 0.245 e. The molecule has 9 heteroatoms. The molecule has 27 heavy (non-hydrogen) atoms. The van der Waals surface area contributed by atoms with Crippen LogP contribution in [0.2, 0.25) is 0 Å². The Kier molecular flexibility index (Phi) is 4.40. The normalized spacial score (nSPS) is 11.2. The number of rotatable bonds is 5. The molecule has 0 aliphatic rings. The standard InChI is InChI=1S/C18H14FN7O/c1-11-4-2-3-5-14(11)21-15-16(23-18-17(22-15)25-27-26-18)24-20-10-12-6-8-13(19)9-7-12/h2-10H,1H3,(H,21,22,25)(H,23,24,26). The van der Waals surface area contributed by atoms with Gasteiger partial charge in [-0.2, -0.15) is 10.1 Å². The van der Waals surface area contributed by atoms with Gasteiger partial charge in [-0.15, -0.1) is 0 Å². The molecule has 2 aromatic heterocycles. The Morgan fingerprint density at radius 3 is 2.41 bits per heavy atom. The summed E-state index contributed by atoms with van der Waals surface area (Å²) >= 11 is 0. The first-order chi connectivity index (χ1) is 13.2. The van der Waals surface area contributed by atoms with Gasteiger partial charge in [-0.1, -0.05) is 30.3 Å². The average Bonchev–Trinajstić information content (AvgIpc) is 3.12. The molecule has 0 atom stereocenters. The lowest BCUT2D eigenvalue weighted by Gasteiger charge is -2.11. The molecule has 2 aromatic carbocycles. The number of nitrogens with zero attached hydrogens (tertiary/aromatic N) is 5. The minimum atomic E-state index is -0.306. The molecule has 0 radical (unpaired) electrons. The molecule has 8 nitrogen and oxygen atoms in total. The van der Waals surface area contributed by atoms with Gasteiger partial charge < -0.3 is 5.32 Å². The second-order valence-corrected chi connectivity index (χ2v) is 5.69. The molecule has 0 amide bonds. The summed E-state index contributed by atoms with van der Waals surface area (Å²) in [7, 11) is 0. The smallest absolute Gasteiger partial charge is 0.245 e. The van der Waals surface area contributed by atoms with Crippen molar-refractivity contribution in [3.8, 4) is 0 Å². The minimum absolute atomic E-state index is 0.254. The lowest BCUT2D eigenvalue weighted by atomic mass is 10.2. The van der Waals surface area contributed by atoms with E-state index in [-0.39, 0.29) is 17.1 Å². The van der Waals surface area contributed by atoms with Crippen molar-refractivity contribution in [1.29, 1.82) is 0 Å². The van der Waals surface area contributed by atoms with E-state index < -0.39 is 0 Å². The molecule has 0 spiro atoms. The summed E-state index contributed by atoms with van der Waals surface area (Å²) in [5.74, 6) is 0.461. The first-order valence-corrected chi connectivity index (χ1v) is 8.06. The summed E-state index contributed by atoms with van der Waals surface area (Å²) in [5, 5.41) is 14.8. The maximum absolute atomic E-state index is 13.0. The number of nitrogens with one attached hydrogen (secondary N) is 2. The van der Waals surface area contributed by atoms with Crippen molar-refractivity contribution in [2.45, 2.75) is 6.92 Å². The number of fused-ring (bicyclic) bond motifs is 1. The van der Waals surface area contributed by atoms with Gasteiger partial charge >= 0.3 is 0 Å². The van der Waals surface area contributed by atoms with Crippen LogP contribution in [0.3, 0.4) is 0 Å². The molecule has 2 heterocycles. The zero-order chi connectivity index (χ0) is 18.6. The van der Waals surface area contributed by atoms with Crippen molar-refractivity contribution in [2.75, 3.05) is 10.7 Å². The molecular formula is C18H14FN7O. The summed E-state index contributed by atoms with van der Waals surface area (Å²) < 4.78 is 17.7. The van der Waals surface area contributed by atoms with E-state index in [1.54, 1.807) is 18.3 Å². The quantitative estimate of drug-likeness (QED) is 0.412. The van der Waals surface area contributed by atoms with Crippen molar-refractivity contribution < 1.29 is 9.02 Å². The number of aromatic nitrogens is 4. The Balaban J connectivity index is 1.63. The van der Waals surface area contributed by atoms with E-state index in [1.807, 2.05) is 31.2 Å². The van der Waals surface area contributed by atoms with Crippen LogP contribution >= 0.6 is 0 Å². The Hall–Kier alpha value is -3.88. The fourth-order valence-electron chi connectivity index (χ4n) is 2.36. The van der Waals surface area contributed by atoms with Crippen LogP contribution in [0.25, 0.3) is 11.3 Å². The third-order valence-electron chi connectivity index (χ3n) is 3.77. The molecule has 0 aliphatic heterocycles. The van der Waals surface area contributed by atoms with Gasteiger partial charge in [-0.3, -0.25) is 5.43 Å². The lowest BCUT2D eigenvalue weighted by Crippen LogP contribution is -2.04. The highest BCUT2D eigenvalue weighted by Gasteiger charge is 2.13. The van der Waals surface area contributed by atoms with E-state index in [0.29, 0.717) is 11.6 Å². The molecule has 134 valence electrons. The Morgan fingerprint density at radius 1 is 0.963 bits per heavy atom. The number of halogens is 1. The second-order valence-electron chi connectivity index (χ2n) is 5.69. The van der Waals surface area contributed by atoms with Crippen molar-refractivity contribution >= 4 is 34.8 Å². The van der Waals surface area contributed by atoms with E-state index in [9.17, 15) is 4.39 Å². The molecular weight excluding hydrogens is 349 g/mol. The molecule has 4 rings (SSSR count). The average molecular weight is 363 g/mol. The van der Waals surface area contributed by atoms with E-state index >= 15 is 0 Å². The van der Waals surface area contributed by atoms with Gasteiger partial charge in [0.1, 0.15) is 5.82 Å². The topological polar surface area (TPSA) is 101 Å². The molecule has 0 aliphatic carbocycles. The number of hydrogen-bond acceptors (Lipinski definition) is 8. The predicted octanol–water partition coefficient (Wildman–Crippen LogP) is 3.65. The van der Waals surface area contributed by atoms with E-state index in [0.717, 1.165) is 16.8 Å². The molecule has 0 unspecified atom stereocenters. The van der Waals surface area contributed by atoms with Crippen molar-refractivity contribution in [1.82, 2.24) is 20.3 Å². The fraction of sp³-hybridized carbons (Fsp3) is 0.0556. The van der Waals surface area contributed by atoms with Crippen LogP contribution in [-0.4, -0.2) is 26.5 Å². The predicted molar refractivity (Wildman–Crippen MR) is 99.5 cm³/mol. The van der Waals surface area contributed by atoms with Crippen LogP contribution in [0.5, 0.6) is 0 Å². The van der Waals surface area contributed by atoms with Gasteiger partial charge in [0.25, 0.3) is 0 Å². The number of benzene rings is 2. The third-order valence-corrected chi connectivity index (χ3v) is 3.77. The maximum atomic E-state index is 13.0. The monoisotopic (exact) mass is 363 g/mol. The minimum Gasteiger partial charge on any atom is -0.337 e. The highest BCUT2D eigenvalue weighted by Crippen LogP contribution is 2.25. The summed E-state index contributed by atoms with van der Waals surface area (Å²) in [5.41, 5.74) is 6.00. The number of para-hydroxylation sites is 1.